The largest absolute Gasteiger partial charge is 0.480 e. The normalized spacial score (nSPS) is 19.3. The Morgan fingerprint density at radius 2 is 2.11 bits per heavy atom. The summed E-state index contributed by atoms with van der Waals surface area (Å²) in [5, 5.41) is 9.69. The number of aliphatic carboxylic acids is 1. The summed E-state index contributed by atoms with van der Waals surface area (Å²) in [5.41, 5.74) is 0.473. The standard InChI is InChI=1S/C13H13ClINO3/c14-8-4-5-10(15)9(7-8)12(17)16-6-2-1-3-11(16)13(18)19/h4-5,7,11H,1-3,6H2,(H,18,19). The second-order valence-electron chi connectivity index (χ2n) is 4.47. The molecule has 6 heteroatoms. The molecule has 0 saturated carbocycles. The number of piperidine rings is 1. The number of nitrogens with zero attached hydrogens (tertiary/aromatic N) is 1. The fraction of sp³-hybridized carbons (Fsp3) is 0.385. The molecule has 1 aliphatic rings. The number of carboxylic acids is 1. The first-order valence-electron chi connectivity index (χ1n) is 5.99. The minimum atomic E-state index is -0.940. The molecule has 1 aliphatic heterocycles. The van der Waals surface area contributed by atoms with Gasteiger partial charge in [-0.05, 0) is 60.1 Å². The van der Waals surface area contributed by atoms with Crippen LogP contribution in [0.3, 0.4) is 0 Å². The number of likely N-dealkylation sites (tertiary alicyclic amines) is 1. The van der Waals surface area contributed by atoms with Crippen LogP contribution >= 0.6 is 34.2 Å². The van der Waals surface area contributed by atoms with Crippen LogP contribution in [0.4, 0.5) is 0 Å². The molecule has 1 aromatic carbocycles. The maximum atomic E-state index is 12.5. The SMILES string of the molecule is O=C(O)C1CCCCN1C(=O)c1cc(Cl)ccc1I. The van der Waals surface area contributed by atoms with Crippen molar-refractivity contribution in [2.75, 3.05) is 6.54 Å². The van der Waals surface area contributed by atoms with E-state index in [0.29, 0.717) is 23.6 Å². The average molecular weight is 394 g/mol. The molecule has 102 valence electrons. The van der Waals surface area contributed by atoms with Gasteiger partial charge in [-0.1, -0.05) is 11.6 Å². The first-order chi connectivity index (χ1) is 9.00. The van der Waals surface area contributed by atoms with E-state index >= 15 is 0 Å². The van der Waals surface area contributed by atoms with Gasteiger partial charge in [-0.2, -0.15) is 0 Å². The number of amides is 1. The van der Waals surface area contributed by atoms with E-state index in [2.05, 4.69) is 22.6 Å². The van der Waals surface area contributed by atoms with Crippen LogP contribution < -0.4 is 0 Å². The van der Waals surface area contributed by atoms with Gasteiger partial charge in [0.25, 0.3) is 5.91 Å². The lowest BCUT2D eigenvalue weighted by Crippen LogP contribution is -2.48. The number of rotatable bonds is 2. The molecule has 1 unspecified atom stereocenters. The Balaban J connectivity index is 2.31. The van der Waals surface area contributed by atoms with Crippen LogP contribution in [0.1, 0.15) is 29.6 Å². The first-order valence-corrected chi connectivity index (χ1v) is 7.45. The Morgan fingerprint density at radius 1 is 1.37 bits per heavy atom. The highest BCUT2D eigenvalue weighted by Gasteiger charge is 2.33. The van der Waals surface area contributed by atoms with Crippen molar-refractivity contribution in [3.05, 3.63) is 32.4 Å². The number of hydrogen-bond donors (Lipinski definition) is 1. The van der Waals surface area contributed by atoms with Crippen molar-refractivity contribution < 1.29 is 14.7 Å². The van der Waals surface area contributed by atoms with Crippen molar-refractivity contribution in [3.63, 3.8) is 0 Å². The van der Waals surface area contributed by atoms with Crippen molar-refractivity contribution in [3.8, 4) is 0 Å². The summed E-state index contributed by atoms with van der Waals surface area (Å²) in [6.45, 7) is 0.485. The van der Waals surface area contributed by atoms with Crippen LogP contribution in [0, 0.1) is 3.57 Å². The molecule has 0 aliphatic carbocycles. The van der Waals surface area contributed by atoms with Crippen molar-refractivity contribution in [1.29, 1.82) is 0 Å². The number of carbonyl (C=O) groups is 2. The van der Waals surface area contributed by atoms with E-state index in [0.717, 1.165) is 16.4 Å². The smallest absolute Gasteiger partial charge is 0.326 e. The molecule has 0 radical (unpaired) electrons. The molecule has 1 amide bonds. The summed E-state index contributed by atoms with van der Waals surface area (Å²) in [6.07, 6.45) is 2.19. The lowest BCUT2D eigenvalue weighted by Gasteiger charge is -2.33. The summed E-state index contributed by atoms with van der Waals surface area (Å²) in [5.74, 6) is -1.19. The molecule has 0 bridgehead atoms. The van der Waals surface area contributed by atoms with Gasteiger partial charge in [0.2, 0.25) is 0 Å². The molecular formula is C13H13ClINO3. The molecule has 1 fully saturated rings. The topological polar surface area (TPSA) is 57.6 Å². The summed E-state index contributed by atoms with van der Waals surface area (Å²) in [6, 6.07) is 4.34. The molecule has 4 nitrogen and oxygen atoms in total. The highest BCUT2D eigenvalue weighted by Crippen LogP contribution is 2.24. The molecule has 2 rings (SSSR count). The summed E-state index contributed by atoms with van der Waals surface area (Å²) >= 11 is 7.97. The van der Waals surface area contributed by atoms with Crippen LogP contribution in [-0.2, 0) is 4.79 Å². The lowest BCUT2D eigenvalue weighted by molar-refractivity contribution is -0.143. The second kappa shape index (κ2) is 6.09. The molecule has 1 atom stereocenters. The van der Waals surface area contributed by atoms with Crippen molar-refractivity contribution >= 4 is 46.1 Å². The number of benzene rings is 1. The van der Waals surface area contributed by atoms with E-state index < -0.39 is 12.0 Å². The Morgan fingerprint density at radius 3 is 2.79 bits per heavy atom. The Labute approximate surface area is 129 Å². The highest BCUT2D eigenvalue weighted by molar-refractivity contribution is 14.1. The maximum absolute atomic E-state index is 12.5. The summed E-state index contributed by atoms with van der Waals surface area (Å²) in [4.78, 5) is 25.2. The van der Waals surface area contributed by atoms with E-state index in [9.17, 15) is 14.7 Å². The molecule has 1 aromatic rings. The second-order valence-corrected chi connectivity index (χ2v) is 6.07. The van der Waals surface area contributed by atoms with Gasteiger partial charge in [0.15, 0.2) is 0 Å². The van der Waals surface area contributed by atoms with Crippen molar-refractivity contribution in [1.82, 2.24) is 4.90 Å². The predicted molar refractivity (Wildman–Crippen MR) is 80.5 cm³/mol. The van der Waals surface area contributed by atoms with Gasteiger partial charge in [-0.3, -0.25) is 4.79 Å². The lowest BCUT2D eigenvalue weighted by atomic mass is 10.0. The van der Waals surface area contributed by atoms with Gasteiger partial charge in [0.05, 0.1) is 5.56 Å². The molecule has 1 saturated heterocycles. The zero-order chi connectivity index (χ0) is 14.0. The first kappa shape index (κ1) is 14.6. The van der Waals surface area contributed by atoms with E-state index in [1.807, 2.05) is 0 Å². The third kappa shape index (κ3) is 3.20. The van der Waals surface area contributed by atoms with Gasteiger partial charge in [0, 0.05) is 15.1 Å². The number of halogens is 2. The molecule has 19 heavy (non-hydrogen) atoms. The Kier molecular flexibility index (Phi) is 4.67. The molecule has 1 heterocycles. The third-order valence-electron chi connectivity index (χ3n) is 3.21. The highest BCUT2D eigenvalue weighted by atomic mass is 127. The van der Waals surface area contributed by atoms with Gasteiger partial charge >= 0.3 is 5.97 Å². The van der Waals surface area contributed by atoms with Crippen molar-refractivity contribution in [2.45, 2.75) is 25.3 Å². The fourth-order valence-electron chi connectivity index (χ4n) is 2.25. The fourth-order valence-corrected chi connectivity index (χ4v) is 2.99. The number of hydrogen-bond acceptors (Lipinski definition) is 2. The van der Waals surface area contributed by atoms with Gasteiger partial charge in [-0.25, -0.2) is 4.79 Å². The van der Waals surface area contributed by atoms with Gasteiger partial charge in [-0.15, -0.1) is 0 Å². The van der Waals surface area contributed by atoms with E-state index in [1.54, 1.807) is 18.2 Å². The van der Waals surface area contributed by atoms with Crippen LogP contribution in [0.25, 0.3) is 0 Å². The number of carbonyl (C=O) groups excluding carboxylic acids is 1. The molecule has 0 aromatic heterocycles. The van der Waals surface area contributed by atoms with Crippen LogP contribution in [-0.4, -0.2) is 34.5 Å². The quantitative estimate of drug-likeness (QED) is 0.786. The molecule has 0 spiro atoms. The monoisotopic (exact) mass is 393 g/mol. The van der Waals surface area contributed by atoms with Gasteiger partial charge in [0.1, 0.15) is 6.04 Å². The Hall–Kier alpha value is -0.820. The zero-order valence-corrected chi connectivity index (χ0v) is 13.0. The van der Waals surface area contributed by atoms with Crippen LogP contribution in [0.15, 0.2) is 18.2 Å². The summed E-state index contributed by atoms with van der Waals surface area (Å²) in [7, 11) is 0. The number of carboxylic acid groups (broad SMARTS) is 1. The summed E-state index contributed by atoms with van der Waals surface area (Å²) < 4.78 is 0.779. The minimum absolute atomic E-state index is 0.251. The van der Waals surface area contributed by atoms with Crippen LogP contribution in [0.2, 0.25) is 5.02 Å². The van der Waals surface area contributed by atoms with E-state index in [4.69, 9.17) is 11.6 Å². The molecular weight excluding hydrogens is 381 g/mol. The Bertz CT molecular complexity index is 521. The third-order valence-corrected chi connectivity index (χ3v) is 4.38. The van der Waals surface area contributed by atoms with E-state index in [-0.39, 0.29) is 5.91 Å². The zero-order valence-electron chi connectivity index (χ0n) is 10.1. The van der Waals surface area contributed by atoms with Crippen LogP contribution in [0.5, 0.6) is 0 Å². The van der Waals surface area contributed by atoms with Crippen molar-refractivity contribution in [2.24, 2.45) is 0 Å². The predicted octanol–water partition coefficient (Wildman–Crippen LogP) is 3.02. The minimum Gasteiger partial charge on any atom is -0.480 e. The maximum Gasteiger partial charge on any atom is 0.326 e. The van der Waals surface area contributed by atoms with E-state index in [1.165, 1.54) is 4.90 Å². The van der Waals surface area contributed by atoms with Gasteiger partial charge < -0.3 is 10.0 Å². The average Bonchev–Trinajstić information content (AvgIpc) is 2.40. The molecule has 1 N–H and O–H groups in total.